The Bertz CT molecular complexity index is 511. The summed E-state index contributed by atoms with van der Waals surface area (Å²) in [6.07, 6.45) is 0. The minimum absolute atomic E-state index is 0.198. The number of aromatic hydroxyl groups is 1. The summed E-state index contributed by atoms with van der Waals surface area (Å²) in [5, 5.41) is 9.37. The molecule has 0 saturated carbocycles. The second-order valence-corrected chi connectivity index (χ2v) is 4.62. The predicted molar refractivity (Wildman–Crippen MR) is 69.6 cm³/mol. The van der Waals surface area contributed by atoms with Crippen molar-refractivity contribution in [2.75, 3.05) is 12.8 Å². The lowest BCUT2D eigenvalue weighted by Crippen LogP contribution is -1.86. The van der Waals surface area contributed by atoms with E-state index in [2.05, 4.69) is 0 Å². The van der Waals surface area contributed by atoms with Crippen LogP contribution in [0, 0.1) is 0 Å². The van der Waals surface area contributed by atoms with Gasteiger partial charge in [0.25, 0.3) is 0 Å². The fourth-order valence-electron chi connectivity index (χ4n) is 1.40. The summed E-state index contributed by atoms with van der Waals surface area (Å²) in [7, 11) is 1.59. The van der Waals surface area contributed by atoms with E-state index in [1.165, 1.54) is 0 Å². The fourth-order valence-corrected chi connectivity index (χ4v) is 2.31. The first-order valence-corrected chi connectivity index (χ1v) is 5.91. The summed E-state index contributed by atoms with van der Waals surface area (Å²) in [5.74, 6) is 0.857. The maximum absolute atomic E-state index is 9.37. The Labute approximate surface area is 104 Å². The monoisotopic (exact) mass is 247 g/mol. The van der Waals surface area contributed by atoms with Crippen LogP contribution in [-0.2, 0) is 0 Å². The first-order valence-electron chi connectivity index (χ1n) is 5.09. The Kier molecular flexibility index (Phi) is 3.44. The van der Waals surface area contributed by atoms with Crippen LogP contribution < -0.4 is 10.5 Å². The molecule has 17 heavy (non-hydrogen) atoms. The van der Waals surface area contributed by atoms with Crippen molar-refractivity contribution < 1.29 is 9.84 Å². The van der Waals surface area contributed by atoms with E-state index >= 15 is 0 Å². The van der Waals surface area contributed by atoms with Crippen molar-refractivity contribution in [2.45, 2.75) is 9.79 Å². The van der Waals surface area contributed by atoms with Crippen LogP contribution in [0.4, 0.5) is 5.69 Å². The molecule has 0 bridgehead atoms. The molecule has 3 nitrogen and oxygen atoms in total. The van der Waals surface area contributed by atoms with Crippen LogP contribution in [0.5, 0.6) is 11.5 Å². The van der Waals surface area contributed by atoms with Gasteiger partial charge in [-0.25, -0.2) is 0 Å². The molecule has 0 spiro atoms. The summed E-state index contributed by atoms with van der Waals surface area (Å²) in [6, 6.07) is 12.7. The molecule has 0 aromatic heterocycles. The SMILES string of the molecule is COc1cc(O)ccc1Sc1ccc(N)cc1. The highest BCUT2D eigenvalue weighted by molar-refractivity contribution is 7.99. The summed E-state index contributed by atoms with van der Waals surface area (Å²) in [4.78, 5) is 2.03. The van der Waals surface area contributed by atoms with Crippen LogP contribution in [0.25, 0.3) is 0 Å². The maximum atomic E-state index is 9.37. The van der Waals surface area contributed by atoms with Crippen molar-refractivity contribution in [1.29, 1.82) is 0 Å². The quantitative estimate of drug-likeness (QED) is 0.818. The third kappa shape index (κ3) is 2.85. The summed E-state index contributed by atoms with van der Waals surface area (Å²) in [6.45, 7) is 0. The van der Waals surface area contributed by atoms with Crippen molar-refractivity contribution >= 4 is 17.4 Å². The van der Waals surface area contributed by atoms with Gasteiger partial charge in [0.15, 0.2) is 0 Å². The molecule has 3 N–H and O–H groups in total. The molecule has 0 unspecified atom stereocenters. The zero-order chi connectivity index (χ0) is 12.3. The first-order chi connectivity index (χ1) is 8.19. The Morgan fingerprint density at radius 3 is 2.47 bits per heavy atom. The van der Waals surface area contributed by atoms with Gasteiger partial charge in [-0.05, 0) is 36.4 Å². The topological polar surface area (TPSA) is 55.5 Å². The number of phenols is 1. The molecule has 0 heterocycles. The Balaban J connectivity index is 2.26. The zero-order valence-corrected chi connectivity index (χ0v) is 10.2. The van der Waals surface area contributed by atoms with Gasteiger partial charge < -0.3 is 15.6 Å². The van der Waals surface area contributed by atoms with E-state index in [1.807, 2.05) is 30.3 Å². The number of nitrogens with two attached hydrogens (primary N) is 1. The second kappa shape index (κ2) is 5.01. The van der Waals surface area contributed by atoms with E-state index in [4.69, 9.17) is 10.5 Å². The number of phenolic OH excluding ortho intramolecular Hbond substituents is 1. The van der Waals surface area contributed by atoms with Gasteiger partial charge in [0.2, 0.25) is 0 Å². The highest BCUT2D eigenvalue weighted by Gasteiger charge is 2.05. The Hall–Kier alpha value is -1.81. The average Bonchev–Trinajstić information content (AvgIpc) is 2.34. The molecule has 2 aromatic carbocycles. The molecule has 0 aliphatic carbocycles. The van der Waals surface area contributed by atoms with E-state index in [0.717, 1.165) is 15.5 Å². The fraction of sp³-hybridized carbons (Fsp3) is 0.0769. The number of ether oxygens (including phenoxy) is 1. The van der Waals surface area contributed by atoms with Crippen molar-refractivity contribution in [3.8, 4) is 11.5 Å². The molecular formula is C13H13NO2S. The molecule has 0 fully saturated rings. The molecule has 0 saturated heterocycles. The van der Waals surface area contributed by atoms with Crippen molar-refractivity contribution in [3.05, 3.63) is 42.5 Å². The van der Waals surface area contributed by atoms with E-state index in [9.17, 15) is 5.11 Å². The second-order valence-electron chi connectivity index (χ2n) is 3.51. The molecule has 4 heteroatoms. The lowest BCUT2D eigenvalue weighted by molar-refractivity contribution is 0.398. The molecule has 0 atom stereocenters. The average molecular weight is 247 g/mol. The summed E-state index contributed by atoms with van der Waals surface area (Å²) < 4.78 is 5.22. The Morgan fingerprint density at radius 2 is 1.82 bits per heavy atom. The van der Waals surface area contributed by atoms with Gasteiger partial charge >= 0.3 is 0 Å². The van der Waals surface area contributed by atoms with Gasteiger partial charge in [-0.3, -0.25) is 0 Å². The largest absolute Gasteiger partial charge is 0.508 e. The van der Waals surface area contributed by atoms with Crippen LogP contribution >= 0.6 is 11.8 Å². The minimum Gasteiger partial charge on any atom is -0.508 e. The predicted octanol–water partition coefficient (Wildman–Crippen LogP) is 3.13. The van der Waals surface area contributed by atoms with Crippen molar-refractivity contribution in [2.24, 2.45) is 0 Å². The van der Waals surface area contributed by atoms with Crippen molar-refractivity contribution in [1.82, 2.24) is 0 Å². The molecule has 0 radical (unpaired) electrons. The number of benzene rings is 2. The molecule has 0 aliphatic rings. The summed E-state index contributed by atoms with van der Waals surface area (Å²) in [5.41, 5.74) is 6.37. The number of anilines is 1. The zero-order valence-electron chi connectivity index (χ0n) is 9.38. The minimum atomic E-state index is 0.198. The van der Waals surface area contributed by atoms with Gasteiger partial charge in [0.1, 0.15) is 11.5 Å². The number of hydrogen-bond acceptors (Lipinski definition) is 4. The Morgan fingerprint density at radius 1 is 1.12 bits per heavy atom. The van der Waals surface area contributed by atoms with Crippen LogP contribution in [0.1, 0.15) is 0 Å². The normalized spacial score (nSPS) is 10.2. The van der Waals surface area contributed by atoms with Crippen molar-refractivity contribution in [3.63, 3.8) is 0 Å². The maximum Gasteiger partial charge on any atom is 0.136 e. The molecule has 2 rings (SSSR count). The number of nitrogen functional groups attached to an aromatic ring is 1. The van der Waals surface area contributed by atoms with E-state index in [-0.39, 0.29) is 5.75 Å². The molecule has 2 aromatic rings. The number of methoxy groups -OCH3 is 1. The standard InChI is InChI=1S/C13H13NO2S/c1-16-12-8-10(15)4-7-13(12)17-11-5-2-9(14)3-6-11/h2-8,15H,14H2,1H3. The third-order valence-corrected chi connectivity index (χ3v) is 3.32. The lowest BCUT2D eigenvalue weighted by Gasteiger charge is -2.08. The first kappa shape index (κ1) is 11.7. The van der Waals surface area contributed by atoms with Crippen LogP contribution in [0.2, 0.25) is 0 Å². The van der Waals surface area contributed by atoms with E-state index in [0.29, 0.717) is 5.75 Å². The molecular weight excluding hydrogens is 234 g/mol. The summed E-state index contributed by atoms with van der Waals surface area (Å²) >= 11 is 1.56. The van der Waals surface area contributed by atoms with E-state index < -0.39 is 0 Å². The molecule has 0 aliphatic heterocycles. The molecule has 0 amide bonds. The number of hydrogen-bond donors (Lipinski definition) is 2. The van der Waals surface area contributed by atoms with Gasteiger partial charge in [-0.2, -0.15) is 0 Å². The van der Waals surface area contributed by atoms with Gasteiger partial charge in [-0.1, -0.05) is 11.8 Å². The van der Waals surface area contributed by atoms with Gasteiger partial charge in [0.05, 0.1) is 12.0 Å². The number of rotatable bonds is 3. The van der Waals surface area contributed by atoms with Gasteiger partial charge in [0, 0.05) is 16.6 Å². The third-order valence-electron chi connectivity index (χ3n) is 2.26. The highest BCUT2D eigenvalue weighted by atomic mass is 32.2. The highest BCUT2D eigenvalue weighted by Crippen LogP contribution is 2.36. The van der Waals surface area contributed by atoms with Crippen LogP contribution in [0.3, 0.4) is 0 Å². The van der Waals surface area contributed by atoms with Crippen LogP contribution in [-0.4, -0.2) is 12.2 Å². The van der Waals surface area contributed by atoms with Gasteiger partial charge in [-0.15, -0.1) is 0 Å². The van der Waals surface area contributed by atoms with E-state index in [1.54, 1.807) is 31.0 Å². The smallest absolute Gasteiger partial charge is 0.136 e. The molecule has 88 valence electrons. The lowest BCUT2D eigenvalue weighted by atomic mass is 10.3. The van der Waals surface area contributed by atoms with Crippen LogP contribution in [0.15, 0.2) is 52.3 Å².